The van der Waals surface area contributed by atoms with Gasteiger partial charge in [-0.3, -0.25) is 0 Å². The Morgan fingerprint density at radius 1 is 1.18 bits per heavy atom. The number of likely N-dealkylation sites (tertiary alicyclic amines) is 1. The summed E-state index contributed by atoms with van der Waals surface area (Å²) in [6.45, 7) is 4.66. The molecule has 1 aliphatic heterocycles. The summed E-state index contributed by atoms with van der Waals surface area (Å²) in [5.74, 6) is 1.58. The van der Waals surface area contributed by atoms with Gasteiger partial charge >= 0.3 is 0 Å². The van der Waals surface area contributed by atoms with E-state index in [9.17, 15) is 0 Å². The van der Waals surface area contributed by atoms with E-state index in [0.717, 1.165) is 37.4 Å². The molecule has 3 rings (SSSR count). The zero-order valence-corrected chi connectivity index (χ0v) is 13.7. The quantitative estimate of drug-likeness (QED) is 0.901. The lowest BCUT2D eigenvalue weighted by atomic mass is 9.78. The van der Waals surface area contributed by atoms with Gasteiger partial charge < -0.3 is 15.5 Å². The molecule has 5 heteroatoms. The Labute approximate surface area is 133 Å². The van der Waals surface area contributed by atoms with Gasteiger partial charge in [-0.05, 0) is 38.8 Å². The van der Waals surface area contributed by atoms with Crippen LogP contribution in [-0.4, -0.2) is 54.1 Å². The Bertz CT molecular complexity index is 464. The molecule has 0 unspecified atom stereocenters. The van der Waals surface area contributed by atoms with Gasteiger partial charge in [0.2, 0.25) is 0 Å². The summed E-state index contributed by atoms with van der Waals surface area (Å²) in [5.41, 5.74) is 7.05. The minimum absolute atomic E-state index is 0.365. The summed E-state index contributed by atoms with van der Waals surface area (Å²) in [6, 6.07) is 2.52. The molecular weight excluding hydrogens is 274 g/mol. The summed E-state index contributed by atoms with van der Waals surface area (Å²) < 4.78 is 0. The third-order valence-electron chi connectivity index (χ3n) is 5.11. The highest BCUT2D eigenvalue weighted by atomic mass is 15.2. The van der Waals surface area contributed by atoms with Gasteiger partial charge in [-0.25, -0.2) is 9.97 Å². The van der Waals surface area contributed by atoms with Gasteiger partial charge in [0.1, 0.15) is 12.1 Å². The minimum atomic E-state index is 0.365. The lowest BCUT2D eigenvalue weighted by Crippen LogP contribution is -2.36. The smallest absolute Gasteiger partial charge is 0.131 e. The second-order valence-electron chi connectivity index (χ2n) is 6.91. The number of nitrogens with zero attached hydrogens (tertiary/aromatic N) is 4. The highest BCUT2D eigenvalue weighted by Crippen LogP contribution is 2.35. The molecule has 0 aromatic carbocycles. The van der Waals surface area contributed by atoms with Gasteiger partial charge in [-0.1, -0.05) is 12.8 Å². The highest BCUT2D eigenvalue weighted by molar-refractivity contribution is 5.39. The van der Waals surface area contributed by atoms with Crippen LogP contribution in [0.3, 0.4) is 0 Å². The van der Waals surface area contributed by atoms with Crippen LogP contribution in [0.5, 0.6) is 0 Å². The predicted molar refractivity (Wildman–Crippen MR) is 90.2 cm³/mol. The Kier molecular flexibility index (Phi) is 5.26. The fourth-order valence-electron chi connectivity index (χ4n) is 3.46. The standard InChI is InChI=1S/C17H29N5/c1-21(8-9-22-6-4-2-3-5-7-22)17-12-16(19-13-20-17)14-10-15(18)11-14/h12-15H,2-11,18H2,1H3. The normalized spacial score (nSPS) is 26.3. The summed E-state index contributed by atoms with van der Waals surface area (Å²) in [5, 5.41) is 0. The topological polar surface area (TPSA) is 58.3 Å². The fourth-order valence-corrected chi connectivity index (χ4v) is 3.46. The van der Waals surface area contributed by atoms with Crippen LogP contribution in [0.2, 0.25) is 0 Å². The van der Waals surface area contributed by atoms with Crippen molar-refractivity contribution in [2.24, 2.45) is 5.73 Å². The van der Waals surface area contributed by atoms with Crippen LogP contribution in [0.15, 0.2) is 12.4 Å². The molecule has 0 spiro atoms. The van der Waals surface area contributed by atoms with E-state index in [2.05, 4.69) is 32.9 Å². The molecule has 22 heavy (non-hydrogen) atoms. The maximum absolute atomic E-state index is 5.89. The summed E-state index contributed by atoms with van der Waals surface area (Å²) in [6.07, 6.45) is 9.32. The first-order valence-corrected chi connectivity index (χ1v) is 8.73. The molecule has 5 nitrogen and oxygen atoms in total. The molecule has 0 radical (unpaired) electrons. The van der Waals surface area contributed by atoms with Gasteiger partial charge in [0, 0.05) is 43.9 Å². The van der Waals surface area contributed by atoms with Crippen molar-refractivity contribution in [3.05, 3.63) is 18.1 Å². The van der Waals surface area contributed by atoms with Crippen molar-refractivity contribution >= 4 is 5.82 Å². The highest BCUT2D eigenvalue weighted by Gasteiger charge is 2.28. The molecule has 0 bridgehead atoms. The molecule has 1 aliphatic carbocycles. The second-order valence-corrected chi connectivity index (χ2v) is 6.91. The number of anilines is 1. The predicted octanol–water partition coefficient (Wildman–Crippen LogP) is 1.99. The molecule has 2 heterocycles. The van der Waals surface area contributed by atoms with Crippen molar-refractivity contribution in [2.45, 2.75) is 50.5 Å². The van der Waals surface area contributed by atoms with Crippen molar-refractivity contribution in [3.8, 4) is 0 Å². The molecule has 1 aromatic heterocycles. The van der Waals surface area contributed by atoms with E-state index in [1.807, 2.05) is 0 Å². The first-order valence-electron chi connectivity index (χ1n) is 8.73. The van der Waals surface area contributed by atoms with Crippen LogP contribution >= 0.6 is 0 Å². The molecule has 1 aromatic rings. The van der Waals surface area contributed by atoms with E-state index < -0.39 is 0 Å². The van der Waals surface area contributed by atoms with Crippen LogP contribution in [-0.2, 0) is 0 Å². The van der Waals surface area contributed by atoms with Gasteiger partial charge in [-0.15, -0.1) is 0 Å². The average Bonchev–Trinajstić information content (AvgIpc) is 2.78. The number of nitrogens with two attached hydrogens (primary N) is 1. The Balaban J connectivity index is 1.53. The molecular formula is C17H29N5. The molecule has 1 saturated carbocycles. The number of aromatic nitrogens is 2. The number of hydrogen-bond acceptors (Lipinski definition) is 5. The molecule has 0 atom stereocenters. The van der Waals surface area contributed by atoms with Crippen LogP contribution in [0.4, 0.5) is 5.82 Å². The maximum Gasteiger partial charge on any atom is 0.131 e. The summed E-state index contributed by atoms with van der Waals surface area (Å²) >= 11 is 0. The van der Waals surface area contributed by atoms with Crippen molar-refractivity contribution in [3.63, 3.8) is 0 Å². The molecule has 0 amide bonds. The van der Waals surface area contributed by atoms with E-state index in [0.29, 0.717) is 12.0 Å². The first-order chi connectivity index (χ1) is 10.7. The fraction of sp³-hybridized carbons (Fsp3) is 0.765. The van der Waals surface area contributed by atoms with Crippen molar-refractivity contribution in [2.75, 3.05) is 38.1 Å². The Morgan fingerprint density at radius 2 is 1.91 bits per heavy atom. The SMILES string of the molecule is CN(CCN1CCCCCC1)c1cc(C2CC(N)C2)ncn1. The van der Waals surface area contributed by atoms with Crippen LogP contribution < -0.4 is 10.6 Å². The second kappa shape index (κ2) is 7.38. The molecule has 2 aliphatic rings. The third kappa shape index (κ3) is 3.96. The third-order valence-corrected chi connectivity index (χ3v) is 5.11. The van der Waals surface area contributed by atoms with Gasteiger partial charge in [0.25, 0.3) is 0 Å². The minimum Gasteiger partial charge on any atom is -0.358 e. The maximum atomic E-state index is 5.89. The van der Waals surface area contributed by atoms with Crippen LogP contribution in [0, 0.1) is 0 Å². The number of rotatable bonds is 5. The van der Waals surface area contributed by atoms with Crippen molar-refractivity contribution < 1.29 is 0 Å². The lowest BCUT2D eigenvalue weighted by molar-refractivity contribution is 0.291. The van der Waals surface area contributed by atoms with Gasteiger partial charge in [0.05, 0.1) is 0 Å². The molecule has 2 fully saturated rings. The zero-order valence-electron chi connectivity index (χ0n) is 13.7. The number of hydrogen-bond donors (Lipinski definition) is 1. The van der Waals surface area contributed by atoms with Crippen LogP contribution in [0.1, 0.15) is 50.1 Å². The lowest BCUT2D eigenvalue weighted by Gasteiger charge is -2.32. The van der Waals surface area contributed by atoms with Gasteiger partial charge in [-0.2, -0.15) is 0 Å². The number of likely N-dealkylation sites (N-methyl/N-ethyl adjacent to an activating group) is 1. The van der Waals surface area contributed by atoms with E-state index >= 15 is 0 Å². The zero-order chi connectivity index (χ0) is 15.4. The Morgan fingerprint density at radius 3 is 2.59 bits per heavy atom. The summed E-state index contributed by atoms with van der Waals surface area (Å²) in [4.78, 5) is 13.7. The van der Waals surface area contributed by atoms with Gasteiger partial charge in [0.15, 0.2) is 0 Å². The molecule has 2 N–H and O–H groups in total. The van der Waals surface area contributed by atoms with E-state index in [1.165, 1.54) is 38.8 Å². The van der Waals surface area contributed by atoms with Crippen molar-refractivity contribution in [1.29, 1.82) is 0 Å². The molecule has 1 saturated heterocycles. The van der Waals surface area contributed by atoms with Crippen molar-refractivity contribution in [1.82, 2.24) is 14.9 Å². The van der Waals surface area contributed by atoms with E-state index in [1.54, 1.807) is 6.33 Å². The Hall–Kier alpha value is -1.20. The average molecular weight is 303 g/mol. The monoisotopic (exact) mass is 303 g/mol. The molecule has 122 valence electrons. The summed E-state index contributed by atoms with van der Waals surface area (Å²) in [7, 11) is 2.14. The van der Waals surface area contributed by atoms with E-state index in [4.69, 9.17) is 5.73 Å². The van der Waals surface area contributed by atoms with E-state index in [-0.39, 0.29) is 0 Å². The first kappa shape index (κ1) is 15.7. The van der Waals surface area contributed by atoms with Crippen LogP contribution in [0.25, 0.3) is 0 Å². The largest absolute Gasteiger partial charge is 0.358 e.